The molecule has 0 aliphatic carbocycles. The van der Waals surface area contributed by atoms with Gasteiger partial charge in [0.2, 0.25) is 0 Å². The Morgan fingerprint density at radius 2 is 1.42 bits per heavy atom. The van der Waals surface area contributed by atoms with Crippen molar-refractivity contribution in [3.63, 3.8) is 0 Å². The van der Waals surface area contributed by atoms with Crippen molar-refractivity contribution < 1.29 is 13.2 Å². The molecule has 2 unspecified atom stereocenters. The molecule has 3 heterocycles. The maximum atomic E-state index is 13.2. The lowest BCUT2D eigenvalue weighted by Gasteiger charge is -2.52. The van der Waals surface area contributed by atoms with E-state index in [1.807, 2.05) is 12.1 Å². The molecule has 3 saturated heterocycles. The van der Waals surface area contributed by atoms with Crippen molar-refractivity contribution >= 4 is 6.21 Å². The number of piperidine rings is 3. The topological polar surface area (TPSA) is 15.6 Å². The van der Waals surface area contributed by atoms with Crippen LogP contribution >= 0.6 is 0 Å². The van der Waals surface area contributed by atoms with E-state index in [0.717, 1.165) is 32.0 Å². The van der Waals surface area contributed by atoms with Crippen molar-refractivity contribution in [3.05, 3.63) is 107 Å². The fourth-order valence-electron chi connectivity index (χ4n) is 5.55. The summed E-state index contributed by atoms with van der Waals surface area (Å²) in [5.41, 5.74) is 2.36. The van der Waals surface area contributed by atoms with Crippen LogP contribution in [0, 0.1) is 5.92 Å². The van der Waals surface area contributed by atoms with Crippen molar-refractivity contribution in [2.45, 2.75) is 37.0 Å². The monoisotopic (exact) mass is 448 g/mol. The molecule has 0 radical (unpaired) electrons. The van der Waals surface area contributed by atoms with Crippen LogP contribution in [0.15, 0.2) is 89.9 Å². The highest BCUT2D eigenvalue weighted by Gasteiger charge is 2.46. The van der Waals surface area contributed by atoms with Crippen LogP contribution in [0.4, 0.5) is 13.2 Å². The predicted molar refractivity (Wildman–Crippen MR) is 126 cm³/mol. The fourth-order valence-corrected chi connectivity index (χ4v) is 5.55. The summed E-state index contributed by atoms with van der Waals surface area (Å²) in [7, 11) is 0. The Labute approximate surface area is 192 Å². The van der Waals surface area contributed by atoms with Crippen LogP contribution in [-0.2, 0) is 6.18 Å². The molecule has 0 N–H and O–H groups in total. The maximum absolute atomic E-state index is 13.2. The summed E-state index contributed by atoms with van der Waals surface area (Å²) >= 11 is 0. The minimum Gasteiger partial charge on any atom is -0.297 e. The third-order valence-electron chi connectivity index (χ3n) is 7.10. The molecule has 0 spiro atoms. The van der Waals surface area contributed by atoms with E-state index in [1.54, 1.807) is 12.3 Å². The molecule has 33 heavy (non-hydrogen) atoms. The van der Waals surface area contributed by atoms with Crippen molar-refractivity contribution in [2.75, 3.05) is 13.1 Å². The van der Waals surface area contributed by atoms with Gasteiger partial charge in [-0.15, -0.1) is 0 Å². The molecule has 0 amide bonds. The second kappa shape index (κ2) is 9.14. The van der Waals surface area contributed by atoms with Gasteiger partial charge in [0, 0.05) is 18.2 Å². The second-order valence-electron chi connectivity index (χ2n) is 9.06. The van der Waals surface area contributed by atoms with E-state index in [4.69, 9.17) is 4.99 Å². The van der Waals surface area contributed by atoms with Crippen LogP contribution in [0.2, 0.25) is 0 Å². The van der Waals surface area contributed by atoms with Crippen molar-refractivity contribution in [3.8, 4) is 0 Å². The first-order valence-electron chi connectivity index (χ1n) is 11.5. The summed E-state index contributed by atoms with van der Waals surface area (Å²) in [5.74, 6) is 0.594. The quantitative estimate of drug-likeness (QED) is 0.411. The molecule has 5 heteroatoms. The number of benzene rings is 3. The lowest BCUT2D eigenvalue weighted by molar-refractivity contribution is -0.137. The molecule has 2 bridgehead atoms. The number of aliphatic imine (C=N–C) groups is 1. The molecule has 3 aromatic rings. The molecule has 0 aromatic heterocycles. The lowest BCUT2D eigenvalue weighted by Crippen LogP contribution is -2.59. The zero-order valence-corrected chi connectivity index (χ0v) is 18.3. The van der Waals surface area contributed by atoms with Crippen molar-refractivity contribution in [1.29, 1.82) is 0 Å². The number of hydrogen-bond donors (Lipinski definition) is 0. The molecule has 2 atom stereocenters. The van der Waals surface area contributed by atoms with E-state index in [0.29, 0.717) is 11.5 Å². The third-order valence-corrected chi connectivity index (χ3v) is 7.10. The third kappa shape index (κ3) is 4.60. The molecule has 3 aliphatic rings. The van der Waals surface area contributed by atoms with E-state index in [2.05, 4.69) is 53.4 Å². The second-order valence-corrected chi connectivity index (χ2v) is 9.06. The SMILES string of the molecule is FC(F)(F)c1cccc(C=NC2C3CCN(CC3)C2C(c2ccccc2)c2ccccc2)c1. The van der Waals surface area contributed by atoms with Gasteiger partial charge in [-0.3, -0.25) is 9.89 Å². The predicted octanol–water partition coefficient (Wildman–Crippen LogP) is 6.42. The highest BCUT2D eigenvalue weighted by Crippen LogP contribution is 2.43. The van der Waals surface area contributed by atoms with Crippen LogP contribution in [0.1, 0.15) is 41.0 Å². The number of hydrogen-bond acceptors (Lipinski definition) is 2. The van der Waals surface area contributed by atoms with E-state index >= 15 is 0 Å². The van der Waals surface area contributed by atoms with E-state index in [1.165, 1.54) is 23.3 Å². The number of halogens is 3. The average molecular weight is 449 g/mol. The molecule has 0 saturated carbocycles. The normalized spacial score (nSPS) is 25.1. The van der Waals surface area contributed by atoms with Gasteiger partial charge < -0.3 is 0 Å². The van der Waals surface area contributed by atoms with Crippen molar-refractivity contribution in [2.24, 2.45) is 10.9 Å². The molecule has 2 nitrogen and oxygen atoms in total. The van der Waals surface area contributed by atoms with Crippen LogP contribution in [0.25, 0.3) is 0 Å². The van der Waals surface area contributed by atoms with Gasteiger partial charge in [-0.1, -0.05) is 72.8 Å². The first-order valence-corrected chi connectivity index (χ1v) is 11.5. The van der Waals surface area contributed by atoms with Gasteiger partial charge in [0.05, 0.1) is 11.6 Å². The Morgan fingerprint density at radius 1 is 0.818 bits per heavy atom. The van der Waals surface area contributed by atoms with Crippen molar-refractivity contribution in [1.82, 2.24) is 4.90 Å². The number of fused-ring (bicyclic) bond motifs is 3. The van der Waals surface area contributed by atoms with Gasteiger partial charge in [-0.05, 0) is 60.7 Å². The molecule has 3 aromatic carbocycles. The summed E-state index contributed by atoms with van der Waals surface area (Å²) in [6.07, 6.45) is -0.537. The zero-order chi connectivity index (χ0) is 22.8. The van der Waals surface area contributed by atoms with E-state index < -0.39 is 11.7 Å². The number of nitrogens with zero attached hydrogens (tertiary/aromatic N) is 2. The Balaban J connectivity index is 1.53. The average Bonchev–Trinajstić information content (AvgIpc) is 2.85. The van der Waals surface area contributed by atoms with Gasteiger partial charge in [-0.25, -0.2) is 0 Å². The summed E-state index contributed by atoms with van der Waals surface area (Å²) in [4.78, 5) is 7.52. The van der Waals surface area contributed by atoms with E-state index in [9.17, 15) is 13.2 Å². The standard InChI is InChI=1S/C28H27F3N2/c29-28(30,31)24-13-7-8-20(18-24)19-32-26-23-14-16-33(17-15-23)27(26)25(21-9-3-1-4-10-21)22-11-5-2-6-12-22/h1-13,18-19,23,25-27H,14-17H2. The molecular weight excluding hydrogens is 421 g/mol. The van der Waals surface area contributed by atoms with Gasteiger partial charge >= 0.3 is 6.18 Å². The van der Waals surface area contributed by atoms with Gasteiger partial charge in [0.15, 0.2) is 0 Å². The molecule has 3 aliphatic heterocycles. The minimum absolute atomic E-state index is 0.0347. The largest absolute Gasteiger partial charge is 0.416 e. The molecular formula is C28H27F3N2. The van der Waals surface area contributed by atoms with Crippen LogP contribution in [-0.4, -0.2) is 36.3 Å². The minimum atomic E-state index is -4.35. The molecule has 6 rings (SSSR count). The smallest absolute Gasteiger partial charge is 0.297 e. The highest BCUT2D eigenvalue weighted by molar-refractivity contribution is 5.80. The lowest BCUT2D eigenvalue weighted by atomic mass is 9.71. The summed E-state index contributed by atoms with van der Waals surface area (Å²) in [6.45, 7) is 2.09. The van der Waals surface area contributed by atoms with Gasteiger partial charge in [0.25, 0.3) is 0 Å². The van der Waals surface area contributed by atoms with Crippen LogP contribution in [0.5, 0.6) is 0 Å². The first-order chi connectivity index (χ1) is 16.0. The summed E-state index contributed by atoms with van der Waals surface area (Å²) < 4.78 is 39.5. The van der Waals surface area contributed by atoms with Gasteiger partial charge in [-0.2, -0.15) is 13.2 Å². The van der Waals surface area contributed by atoms with Crippen LogP contribution < -0.4 is 0 Å². The highest BCUT2D eigenvalue weighted by atomic mass is 19.4. The van der Waals surface area contributed by atoms with Crippen LogP contribution in [0.3, 0.4) is 0 Å². The Morgan fingerprint density at radius 3 is 2.00 bits per heavy atom. The number of rotatable bonds is 5. The van der Waals surface area contributed by atoms with Gasteiger partial charge in [0.1, 0.15) is 0 Å². The maximum Gasteiger partial charge on any atom is 0.416 e. The molecule has 3 fully saturated rings. The summed E-state index contributed by atoms with van der Waals surface area (Å²) in [6, 6.07) is 26.7. The van der Waals surface area contributed by atoms with E-state index in [-0.39, 0.29) is 18.0 Å². The first kappa shape index (κ1) is 21.9. The summed E-state index contributed by atoms with van der Waals surface area (Å²) in [5, 5.41) is 0. The Hall–Kier alpha value is -2.92. The number of alkyl halides is 3. The Kier molecular flexibility index (Phi) is 6.07. The Bertz CT molecular complexity index is 1050. The fraction of sp³-hybridized carbons (Fsp3) is 0.321. The molecule has 170 valence electrons. The zero-order valence-electron chi connectivity index (χ0n) is 18.3.